The second-order valence-corrected chi connectivity index (χ2v) is 10.7. The molecule has 30 heavy (non-hydrogen) atoms. The molecule has 0 radical (unpaired) electrons. The molecule has 2 aromatic carbocycles. The summed E-state index contributed by atoms with van der Waals surface area (Å²) in [4.78, 5) is 11.5. The predicted molar refractivity (Wildman–Crippen MR) is 110 cm³/mol. The third-order valence-electron chi connectivity index (χ3n) is 5.04. The van der Waals surface area contributed by atoms with Gasteiger partial charge in [-0.2, -0.15) is 4.31 Å². The Labute approximate surface area is 175 Å². The van der Waals surface area contributed by atoms with Crippen LogP contribution in [-0.4, -0.2) is 53.4 Å². The van der Waals surface area contributed by atoms with Crippen molar-refractivity contribution in [2.45, 2.75) is 23.1 Å². The molecular formula is C19H21N3O6S2. The maximum Gasteiger partial charge on any atom is 0.261 e. The van der Waals surface area contributed by atoms with Crippen LogP contribution in [0.2, 0.25) is 0 Å². The maximum absolute atomic E-state index is 13.0. The molecule has 1 saturated heterocycles. The summed E-state index contributed by atoms with van der Waals surface area (Å²) in [5.74, 6) is -0.191. The predicted octanol–water partition coefficient (Wildman–Crippen LogP) is 1.31. The highest BCUT2D eigenvalue weighted by Gasteiger charge is 2.28. The van der Waals surface area contributed by atoms with Crippen molar-refractivity contribution >= 4 is 37.3 Å². The van der Waals surface area contributed by atoms with Gasteiger partial charge in [-0.3, -0.25) is 9.52 Å². The first-order valence-electron chi connectivity index (χ1n) is 9.31. The van der Waals surface area contributed by atoms with E-state index >= 15 is 0 Å². The summed E-state index contributed by atoms with van der Waals surface area (Å²) >= 11 is 0. The number of hydrogen-bond donors (Lipinski definition) is 2. The van der Waals surface area contributed by atoms with Crippen molar-refractivity contribution in [2.75, 3.05) is 36.3 Å². The summed E-state index contributed by atoms with van der Waals surface area (Å²) < 4.78 is 60.7. The lowest BCUT2D eigenvalue weighted by atomic mass is 10.2. The molecule has 2 aromatic rings. The minimum atomic E-state index is -3.97. The quantitative estimate of drug-likeness (QED) is 0.707. The lowest BCUT2D eigenvalue weighted by Gasteiger charge is -2.26. The number of amides is 1. The average Bonchev–Trinajstić information content (AvgIpc) is 3.09. The Morgan fingerprint density at radius 1 is 1.03 bits per heavy atom. The topological polar surface area (TPSA) is 122 Å². The lowest BCUT2D eigenvalue weighted by molar-refractivity contribution is -0.115. The van der Waals surface area contributed by atoms with E-state index in [2.05, 4.69) is 10.0 Å². The van der Waals surface area contributed by atoms with Crippen LogP contribution in [0.5, 0.6) is 0 Å². The monoisotopic (exact) mass is 451 g/mol. The Morgan fingerprint density at radius 2 is 1.77 bits per heavy atom. The number of nitrogens with zero attached hydrogens (tertiary/aromatic N) is 1. The third kappa shape index (κ3) is 3.93. The Morgan fingerprint density at radius 3 is 2.50 bits per heavy atom. The van der Waals surface area contributed by atoms with Gasteiger partial charge in [0.05, 0.1) is 35.1 Å². The van der Waals surface area contributed by atoms with Gasteiger partial charge in [0, 0.05) is 18.8 Å². The fraction of sp³-hybridized carbons (Fsp3) is 0.316. The Hall–Kier alpha value is -2.47. The first-order chi connectivity index (χ1) is 14.2. The summed E-state index contributed by atoms with van der Waals surface area (Å²) in [6.07, 6.45) is 0.116. The number of hydrogen-bond acceptors (Lipinski definition) is 6. The van der Waals surface area contributed by atoms with Crippen molar-refractivity contribution in [1.82, 2.24) is 4.31 Å². The third-order valence-corrected chi connectivity index (χ3v) is 8.46. The van der Waals surface area contributed by atoms with Crippen molar-refractivity contribution in [3.05, 3.63) is 47.5 Å². The second kappa shape index (κ2) is 7.65. The molecule has 2 aliphatic rings. The van der Waals surface area contributed by atoms with Crippen molar-refractivity contribution in [3.8, 4) is 0 Å². The second-order valence-electron chi connectivity index (χ2n) is 7.15. The number of carbonyl (C=O) groups is 1. The number of carbonyl (C=O) groups excluding carboxylic acids is 1. The number of sulfonamides is 2. The molecule has 9 nitrogen and oxygen atoms in total. The molecular weight excluding hydrogens is 430 g/mol. The molecule has 0 bridgehead atoms. The van der Waals surface area contributed by atoms with Gasteiger partial charge in [-0.1, -0.05) is 6.07 Å². The molecule has 2 aliphatic heterocycles. The molecule has 0 atom stereocenters. The lowest BCUT2D eigenvalue weighted by Crippen LogP contribution is -2.40. The minimum Gasteiger partial charge on any atom is -0.379 e. The normalized spacial score (nSPS) is 17.4. The number of nitrogens with one attached hydrogen (secondary N) is 2. The minimum absolute atomic E-state index is 0.00379. The molecule has 0 spiro atoms. The van der Waals surface area contributed by atoms with Gasteiger partial charge in [0.15, 0.2) is 0 Å². The molecule has 4 rings (SSSR count). The molecule has 0 unspecified atom stereocenters. The van der Waals surface area contributed by atoms with Gasteiger partial charge in [-0.15, -0.1) is 0 Å². The van der Waals surface area contributed by atoms with Crippen molar-refractivity contribution in [2.24, 2.45) is 0 Å². The number of benzene rings is 2. The molecule has 1 fully saturated rings. The van der Waals surface area contributed by atoms with Crippen LogP contribution in [0.25, 0.3) is 0 Å². The SMILES string of the molecule is Cc1ccc(NS(=O)(=O)c2ccc3c(c2)CC(=O)N3)cc1S(=O)(=O)N1CCOCC1. The molecule has 1 amide bonds. The van der Waals surface area contributed by atoms with E-state index in [1.165, 1.54) is 34.6 Å². The highest BCUT2D eigenvalue weighted by atomic mass is 32.2. The summed E-state index contributed by atoms with van der Waals surface area (Å²) in [5.41, 5.74) is 1.85. The standard InChI is InChI=1S/C19H21N3O6S2/c1-13-2-3-15(12-18(13)30(26,27)22-6-8-28-9-7-22)21-29(24,25)16-4-5-17-14(10-16)11-19(23)20-17/h2-5,10,12,21H,6-9,11H2,1H3,(H,20,23). The van der Waals surface area contributed by atoms with Crippen LogP contribution in [0.3, 0.4) is 0 Å². The largest absolute Gasteiger partial charge is 0.379 e. The maximum atomic E-state index is 13.0. The van der Waals surface area contributed by atoms with Crippen LogP contribution in [0.15, 0.2) is 46.2 Å². The van der Waals surface area contributed by atoms with Gasteiger partial charge in [0.1, 0.15) is 0 Å². The number of rotatable bonds is 5. The van der Waals surface area contributed by atoms with Crippen LogP contribution in [-0.2, 0) is 36.0 Å². The molecule has 11 heteroatoms. The van der Waals surface area contributed by atoms with E-state index in [-0.39, 0.29) is 40.9 Å². The molecule has 0 aliphatic carbocycles. The highest BCUT2D eigenvalue weighted by molar-refractivity contribution is 7.92. The van der Waals surface area contributed by atoms with Crippen molar-refractivity contribution < 1.29 is 26.4 Å². The number of ether oxygens (including phenoxy) is 1. The van der Waals surface area contributed by atoms with E-state index in [4.69, 9.17) is 4.74 Å². The summed E-state index contributed by atoms with van der Waals surface area (Å²) in [5, 5.41) is 2.65. The Bertz CT molecular complexity index is 1220. The average molecular weight is 452 g/mol. The van der Waals surface area contributed by atoms with Crippen molar-refractivity contribution in [1.29, 1.82) is 0 Å². The van der Waals surface area contributed by atoms with Gasteiger partial charge in [0.2, 0.25) is 15.9 Å². The number of anilines is 2. The molecule has 2 heterocycles. The van der Waals surface area contributed by atoms with Crippen molar-refractivity contribution in [3.63, 3.8) is 0 Å². The van der Waals surface area contributed by atoms with Crippen LogP contribution >= 0.6 is 0 Å². The number of aryl methyl sites for hydroxylation is 1. The number of morpholine rings is 1. The molecule has 2 N–H and O–H groups in total. The summed E-state index contributed by atoms with van der Waals surface area (Å²) in [6.45, 7) is 2.80. The van der Waals surface area contributed by atoms with E-state index in [1.807, 2.05) is 0 Å². The van der Waals surface area contributed by atoms with Gasteiger partial charge in [-0.05, 0) is 48.4 Å². The van der Waals surface area contributed by atoms with E-state index < -0.39 is 20.0 Å². The van der Waals surface area contributed by atoms with E-state index in [9.17, 15) is 21.6 Å². The molecule has 0 aromatic heterocycles. The fourth-order valence-electron chi connectivity index (χ4n) is 3.45. The first-order valence-corrected chi connectivity index (χ1v) is 12.2. The van der Waals surface area contributed by atoms with E-state index in [0.29, 0.717) is 30.0 Å². The zero-order valence-electron chi connectivity index (χ0n) is 16.2. The number of fused-ring (bicyclic) bond motifs is 1. The fourth-order valence-corrected chi connectivity index (χ4v) is 6.21. The van der Waals surface area contributed by atoms with Crippen LogP contribution in [0, 0.1) is 6.92 Å². The summed E-state index contributed by atoms with van der Waals surface area (Å²) in [7, 11) is -7.75. The highest BCUT2D eigenvalue weighted by Crippen LogP contribution is 2.28. The smallest absolute Gasteiger partial charge is 0.261 e. The van der Waals surface area contributed by atoms with Crippen LogP contribution in [0.1, 0.15) is 11.1 Å². The zero-order valence-corrected chi connectivity index (χ0v) is 17.8. The van der Waals surface area contributed by atoms with Gasteiger partial charge >= 0.3 is 0 Å². The van der Waals surface area contributed by atoms with E-state index in [1.54, 1.807) is 13.0 Å². The summed E-state index contributed by atoms with van der Waals surface area (Å²) in [6, 6.07) is 8.79. The van der Waals surface area contributed by atoms with Gasteiger partial charge in [0.25, 0.3) is 10.0 Å². The van der Waals surface area contributed by atoms with E-state index in [0.717, 1.165) is 0 Å². The zero-order chi connectivity index (χ0) is 21.5. The van der Waals surface area contributed by atoms with Crippen LogP contribution in [0.4, 0.5) is 11.4 Å². The molecule has 0 saturated carbocycles. The Balaban J connectivity index is 1.63. The van der Waals surface area contributed by atoms with Crippen LogP contribution < -0.4 is 10.0 Å². The molecule has 160 valence electrons. The first kappa shape index (κ1) is 20.8. The van der Waals surface area contributed by atoms with Gasteiger partial charge in [-0.25, -0.2) is 16.8 Å². The van der Waals surface area contributed by atoms with Gasteiger partial charge < -0.3 is 10.1 Å². The Kier molecular flexibility index (Phi) is 5.30.